The first-order valence-corrected chi connectivity index (χ1v) is 7.19. The van der Waals surface area contributed by atoms with Crippen LogP contribution in [0.4, 0.5) is 0 Å². The summed E-state index contributed by atoms with van der Waals surface area (Å²) in [5.74, 6) is 1.01. The van der Waals surface area contributed by atoms with Crippen molar-refractivity contribution in [1.29, 1.82) is 0 Å². The topological polar surface area (TPSA) is 58.1 Å². The number of benzene rings is 1. The third kappa shape index (κ3) is 2.08. The van der Waals surface area contributed by atoms with Gasteiger partial charge in [-0.3, -0.25) is 0 Å². The number of hydrogen-bond donors (Lipinski definition) is 2. The molecule has 0 aliphatic carbocycles. The molecule has 0 fully saturated rings. The minimum atomic E-state index is -0.0412. The summed E-state index contributed by atoms with van der Waals surface area (Å²) in [6.45, 7) is 0.772. The van der Waals surface area contributed by atoms with Gasteiger partial charge in [0.25, 0.3) is 0 Å². The summed E-state index contributed by atoms with van der Waals surface area (Å²) < 4.78 is 5.67. The fourth-order valence-electron chi connectivity index (χ4n) is 2.90. The number of rotatable bonds is 2. The summed E-state index contributed by atoms with van der Waals surface area (Å²) in [4.78, 5) is 7.59. The van der Waals surface area contributed by atoms with Gasteiger partial charge in [-0.1, -0.05) is 6.07 Å². The third-order valence-electron chi connectivity index (χ3n) is 3.98. The molecule has 0 unspecified atom stereocenters. The molecule has 2 N–H and O–H groups in total. The molecule has 21 heavy (non-hydrogen) atoms. The van der Waals surface area contributed by atoms with Crippen molar-refractivity contribution in [3.63, 3.8) is 0 Å². The van der Waals surface area contributed by atoms with Crippen LogP contribution in [-0.4, -0.2) is 21.7 Å². The third-order valence-corrected chi connectivity index (χ3v) is 3.98. The van der Waals surface area contributed by atoms with Crippen LogP contribution in [0.1, 0.15) is 17.7 Å². The second-order valence-electron chi connectivity index (χ2n) is 5.33. The second kappa shape index (κ2) is 4.90. The largest absolute Gasteiger partial charge is 0.493 e. The van der Waals surface area contributed by atoms with Crippen LogP contribution in [0.5, 0.6) is 5.75 Å². The van der Waals surface area contributed by atoms with Crippen LogP contribution in [0.3, 0.4) is 0 Å². The van der Waals surface area contributed by atoms with E-state index in [4.69, 9.17) is 9.84 Å². The molecule has 3 heterocycles. The van der Waals surface area contributed by atoms with Crippen molar-refractivity contribution in [2.75, 3.05) is 6.61 Å². The number of nitrogens with one attached hydrogen (secondary N) is 1. The summed E-state index contributed by atoms with van der Waals surface area (Å²) in [5.41, 5.74) is 5.06. The Morgan fingerprint density at radius 3 is 3.10 bits per heavy atom. The number of nitrogens with zero attached hydrogens (tertiary/aromatic N) is 1. The lowest BCUT2D eigenvalue weighted by atomic mass is 9.99. The van der Waals surface area contributed by atoms with E-state index in [1.54, 1.807) is 0 Å². The van der Waals surface area contributed by atoms with Gasteiger partial charge in [0.05, 0.1) is 18.9 Å². The fourth-order valence-corrected chi connectivity index (χ4v) is 2.90. The second-order valence-corrected chi connectivity index (χ2v) is 5.33. The van der Waals surface area contributed by atoms with E-state index in [-0.39, 0.29) is 6.61 Å². The molecular formula is C17H16N2O2. The van der Waals surface area contributed by atoms with Crippen LogP contribution in [0, 0.1) is 0 Å². The zero-order valence-electron chi connectivity index (χ0n) is 11.6. The maximum Gasteiger partial charge on any atom is 0.138 e. The van der Waals surface area contributed by atoms with Gasteiger partial charge in [-0.15, -0.1) is 0 Å². The van der Waals surface area contributed by atoms with Crippen LogP contribution < -0.4 is 4.74 Å². The van der Waals surface area contributed by atoms with Gasteiger partial charge in [0.2, 0.25) is 0 Å². The number of aliphatic hydroxyl groups is 1. The predicted molar refractivity (Wildman–Crippen MR) is 81.3 cm³/mol. The van der Waals surface area contributed by atoms with Gasteiger partial charge < -0.3 is 14.8 Å². The van der Waals surface area contributed by atoms with Crippen molar-refractivity contribution in [3.8, 4) is 16.9 Å². The van der Waals surface area contributed by atoms with Gasteiger partial charge in [0.15, 0.2) is 0 Å². The number of fused-ring (bicyclic) bond motifs is 2. The molecule has 2 aromatic heterocycles. The minimum Gasteiger partial charge on any atom is -0.493 e. The Labute approximate surface area is 122 Å². The highest BCUT2D eigenvalue weighted by atomic mass is 16.5. The molecule has 0 radical (unpaired) electrons. The van der Waals surface area contributed by atoms with Crippen molar-refractivity contribution in [3.05, 3.63) is 47.8 Å². The smallest absolute Gasteiger partial charge is 0.138 e. The van der Waals surface area contributed by atoms with Crippen molar-refractivity contribution in [1.82, 2.24) is 9.97 Å². The van der Waals surface area contributed by atoms with Gasteiger partial charge in [-0.05, 0) is 48.2 Å². The Morgan fingerprint density at radius 2 is 2.19 bits per heavy atom. The van der Waals surface area contributed by atoms with Crippen molar-refractivity contribution >= 4 is 11.0 Å². The lowest BCUT2D eigenvalue weighted by Crippen LogP contribution is -2.07. The Bertz CT molecular complexity index is 808. The summed E-state index contributed by atoms with van der Waals surface area (Å²) in [5, 5.41) is 10.2. The van der Waals surface area contributed by atoms with E-state index in [9.17, 15) is 0 Å². The molecule has 0 amide bonds. The Kier molecular flexibility index (Phi) is 2.89. The van der Waals surface area contributed by atoms with Gasteiger partial charge in [0, 0.05) is 17.1 Å². The number of aromatic amines is 1. The monoisotopic (exact) mass is 280 g/mol. The van der Waals surface area contributed by atoms with E-state index in [0.717, 1.165) is 41.8 Å². The maximum absolute atomic E-state index is 9.16. The predicted octanol–water partition coefficient (Wildman–Crippen LogP) is 3.05. The van der Waals surface area contributed by atoms with E-state index in [1.807, 2.05) is 18.3 Å². The minimum absolute atomic E-state index is 0.0412. The van der Waals surface area contributed by atoms with Gasteiger partial charge >= 0.3 is 0 Å². The zero-order chi connectivity index (χ0) is 14.2. The fraction of sp³-hybridized carbons (Fsp3) is 0.235. The van der Waals surface area contributed by atoms with Crippen LogP contribution in [0.25, 0.3) is 22.2 Å². The average Bonchev–Trinajstić information content (AvgIpc) is 2.97. The lowest BCUT2D eigenvalue weighted by molar-refractivity contribution is 0.277. The molecule has 0 saturated carbocycles. The average molecular weight is 280 g/mol. The van der Waals surface area contributed by atoms with Crippen molar-refractivity contribution in [2.45, 2.75) is 19.4 Å². The van der Waals surface area contributed by atoms with Crippen LogP contribution in [0.15, 0.2) is 36.5 Å². The molecule has 1 aliphatic rings. The number of pyridine rings is 1. The van der Waals surface area contributed by atoms with Gasteiger partial charge in [-0.2, -0.15) is 0 Å². The first kappa shape index (κ1) is 12.4. The molecule has 3 aromatic rings. The van der Waals surface area contributed by atoms with Gasteiger partial charge in [0.1, 0.15) is 11.4 Å². The quantitative estimate of drug-likeness (QED) is 0.758. The number of aliphatic hydroxyl groups excluding tert-OH is 1. The molecule has 4 heteroatoms. The number of H-pyrrole nitrogens is 1. The standard InChI is InChI=1S/C17H16N2O2/c20-10-13-4-5-14-15(9-18-17(14)19-13)11-3-6-16-12(8-11)2-1-7-21-16/h3-6,8-9,20H,1-2,7,10H2,(H,18,19). The van der Waals surface area contributed by atoms with E-state index < -0.39 is 0 Å². The number of ether oxygens (including phenoxy) is 1. The molecule has 106 valence electrons. The van der Waals surface area contributed by atoms with Crippen LogP contribution in [-0.2, 0) is 13.0 Å². The van der Waals surface area contributed by atoms with E-state index in [2.05, 4.69) is 28.2 Å². The van der Waals surface area contributed by atoms with Crippen LogP contribution in [0.2, 0.25) is 0 Å². The SMILES string of the molecule is OCc1ccc2c(-c3ccc4c(c3)CCCO4)c[nH]c2n1. The van der Waals surface area contributed by atoms with E-state index in [0.29, 0.717) is 5.69 Å². The van der Waals surface area contributed by atoms with Crippen molar-refractivity contribution < 1.29 is 9.84 Å². The molecule has 4 rings (SSSR count). The van der Waals surface area contributed by atoms with Gasteiger partial charge in [-0.25, -0.2) is 4.98 Å². The highest BCUT2D eigenvalue weighted by Crippen LogP contribution is 2.33. The molecule has 1 aromatic carbocycles. The molecule has 4 nitrogen and oxygen atoms in total. The van der Waals surface area contributed by atoms with Crippen molar-refractivity contribution in [2.24, 2.45) is 0 Å². The molecule has 0 spiro atoms. The normalized spacial score (nSPS) is 14.0. The Balaban J connectivity index is 1.82. The molecule has 1 aliphatic heterocycles. The Morgan fingerprint density at radius 1 is 1.24 bits per heavy atom. The summed E-state index contributed by atoms with van der Waals surface area (Å²) in [7, 11) is 0. The number of aromatic nitrogens is 2. The summed E-state index contributed by atoms with van der Waals surface area (Å²) >= 11 is 0. The number of hydrogen-bond acceptors (Lipinski definition) is 3. The molecule has 0 bridgehead atoms. The zero-order valence-corrected chi connectivity index (χ0v) is 11.6. The number of aryl methyl sites for hydroxylation is 1. The lowest BCUT2D eigenvalue weighted by Gasteiger charge is -2.17. The summed E-state index contributed by atoms with van der Waals surface area (Å²) in [6, 6.07) is 10.2. The molecular weight excluding hydrogens is 264 g/mol. The van der Waals surface area contributed by atoms with E-state index >= 15 is 0 Å². The highest BCUT2D eigenvalue weighted by Gasteiger charge is 2.13. The molecule has 0 atom stereocenters. The highest BCUT2D eigenvalue weighted by molar-refractivity contribution is 5.93. The van der Waals surface area contributed by atoms with Crippen LogP contribution >= 0.6 is 0 Å². The maximum atomic E-state index is 9.16. The first-order valence-electron chi connectivity index (χ1n) is 7.19. The Hall–Kier alpha value is -2.33. The first-order chi connectivity index (χ1) is 10.3. The van der Waals surface area contributed by atoms with E-state index in [1.165, 1.54) is 11.1 Å². The molecule has 0 saturated heterocycles. The summed E-state index contributed by atoms with van der Waals surface area (Å²) in [6.07, 6.45) is 4.12.